The summed E-state index contributed by atoms with van der Waals surface area (Å²) < 4.78 is 10.6. The van der Waals surface area contributed by atoms with E-state index in [1.54, 1.807) is 34.6 Å². The Bertz CT molecular complexity index is 1970. The van der Waals surface area contributed by atoms with Crippen molar-refractivity contribution in [3.63, 3.8) is 0 Å². The zero-order chi connectivity index (χ0) is 36.5. The van der Waals surface area contributed by atoms with Gasteiger partial charge in [0, 0.05) is 0 Å². The van der Waals surface area contributed by atoms with Gasteiger partial charge in [0.2, 0.25) is 0 Å². The molecule has 5 heteroatoms. The molecule has 0 spiro atoms. The summed E-state index contributed by atoms with van der Waals surface area (Å²) >= 11 is -0.249. The molecule has 11 rings (SSSR count). The maximum absolute atomic E-state index is 6.35. The summed E-state index contributed by atoms with van der Waals surface area (Å²) in [5.41, 5.74) is 7.28. The standard InChI is InChI=1S/C30H33N.C10H12O.2C4H4N.Ru/c1-28(2)27-13-12-24-8-6-7-11-26(24)30(27,25-9-4-3-5-10-25)20-31(28)29-17-21-14-22(18-29)16-23(15-21)19-29;1-8(2)11-10-7-5-4-6-9(10)3;2*1-2-4-5-3-1;/h3-11,13,21-23H,12,14-19H2,1-2H3;3-8H,1-2H3;2*1-4H;/q;;2*-1;/t21?,22?,23?,29?,30-;;;;/m1..../s1. The Hall–Kier alpha value is -3.92. The van der Waals surface area contributed by atoms with E-state index in [0.29, 0.717) is 0 Å². The molecule has 5 fully saturated rings. The molecule has 4 bridgehead atoms. The minimum absolute atomic E-state index is 0.0547. The molecule has 1 atom stereocenters. The maximum Gasteiger partial charge on any atom is -0.0860 e. The van der Waals surface area contributed by atoms with Crippen LogP contribution in [0.2, 0.25) is 0 Å². The molecule has 6 aliphatic rings. The first-order valence-electron chi connectivity index (χ1n) is 19.6. The topological polar surface area (TPSA) is 40.7 Å². The van der Waals surface area contributed by atoms with Crippen molar-refractivity contribution in [2.24, 2.45) is 17.8 Å². The van der Waals surface area contributed by atoms with Crippen LogP contribution in [0, 0.1) is 17.8 Å². The number of allylic oxidation sites excluding steroid dienone is 1. The van der Waals surface area contributed by atoms with E-state index >= 15 is 0 Å². The van der Waals surface area contributed by atoms with Crippen molar-refractivity contribution in [2.75, 3.05) is 0 Å². The van der Waals surface area contributed by atoms with Crippen LogP contribution in [0.4, 0.5) is 0 Å². The molecule has 0 amide bonds. The number of hydrogen-bond acceptors (Lipinski definition) is 2. The quantitative estimate of drug-likeness (QED) is 0.132. The Balaban J connectivity index is 0.000000347. The molecule has 3 aromatic carbocycles. The van der Waals surface area contributed by atoms with Gasteiger partial charge in [0.05, 0.1) is 0 Å². The number of benzene rings is 3. The van der Waals surface area contributed by atoms with E-state index in [2.05, 4.69) is 132 Å². The molecule has 3 heterocycles. The molecule has 1 saturated heterocycles. The summed E-state index contributed by atoms with van der Waals surface area (Å²) in [6, 6.07) is 37.2. The van der Waals surface area contributed by atoms with E-state index in [1.165, 1.54) is 60.8 Å². The molecular weight excluding hydrogens is 736 g/mol. The van der Waals surface area contributed by atoms with Crippen LogP contribution >= 0.6 is 0 Å². The minimum atomic E-state index is -0.249. The summed E-state index contributed by atoms with van der Waals surface area (Å²) in [7, 11) is 0. The van der Waals surface area contributed by atoms with Crippen LogP contribution in [0.15, 0.2) is 140 Å². The van der Waals surface area contributed by atoms with Crippen molar-refractivity contribution in [3.05, 3.63) is 162 Å². The van der Waals surface area contributed by atoms with Crippen LogP contribution in [0.5, 0.6) is 5.75 Å². The third-order valence-corrected chi connectivity index (χ3v) is 14.5. The van der Waals surface area contributed by atoms with E-state index < -0.39 is 0 Å². The van der Waals surface area contributed by atoms with Gasteiger partial charge in [-0.1, -0.05) is 24.3 Å². The first-order chi connectivity index (χ1) is 25.8. The van der Waals surface area contributed by atoms with Gasteiger partial charge < -0.3 is 9.97 Å². The van der Waals surface area contributed by atoms with E-state index in [1.807, 2.05) is 24.3 Å². The predicted octanol–water partition coefficient (Wildman–Crippen LogP) is 9.66. The zero-order valence-corrected chi connectivity index (χ0v) is 33.4. The molecule has 4 nitrogen and oxygen atoms in total. The molecule has 2 aromatic heterocycles. The summed E-state index contributed by atoms with van der Waals surface area (Å²) in [4.78, 5) is 10.5. The number of fused-ring (bicyclic) bond motifs is 3. The van der Waals surface area contributed by atoms with Crippen LogP contribution < -0.4 is 14.7 Å². The summed E-state index contributed by atoms with van der Waals surface area (Å²) in [6.45, 7) is 9.42. The van der Waals surface area contributed by atoms with Gasteiger partial charge in [0.15, 0.2) is 0 Å². The molecule has 5 aromatic rings. The molecule has 0 unspecified atom stereocenters. The van der Waals surface area contributed by atoms with Gasteiger partial charge in [-0.25, -0.2) is 0 Å². The Morgan fingerprint density at radius 3 is 1.87 bits per heavy atom. The van der Waals surface area contributed by atoms with Crippen LogP contribution in [0.3, 0.4) is 0 Å². The second kappa shape index (κ2) is 15.1. The summed E-state index contributed by atoms with van der Waals surface area (Å²) in [5.74, 6) is 3.72. The molecule has 4 saturated carbocycles. The summed E-state index contributed by atoms with van der Waals surface area (Å²) in [6.07, 6.45) is 19.4. The predicted molar refractivity (Wildman–Crippen MR) is 214 cm³/mol. The number of para-hydroxylation sites is 1. The van der Waals surface area contributed by atoms with Crippen LogP contribution in [-0.2, 0) is 28.1 Å². The van der Waals surface area contributed by atoms with Crippen molar-refractivity contribution in [1.82, 2.24) is 14.9 Å². The van der Waals surface area contributed by atoms with Gasteiger partial charge >= 0.3 is 266 Å². The van der Waals surface area contributed by atoms with Crippen LogP contribution in [0.25, 0.3) is 0 Å². The largest absolute Gasteiger partial charge is 0.670 e. The van der Waals surface area contributed by atoms with Gasteiger partial charge in [-0.05, 0) is 0 Å². The van der Waals surface area contributed by atoms with E-state index in [9.17, 15) is 0 Å². The number of ether oxygens (including phenoxy) is 1. The molecule has 276 valence electrons. The molecule has 0 N–H and O–H groups in total. The average molecular weight is 789 g/mol. The molecule has 53 heavy (non-hydrogen) atoms. The van der Waals surface area contributed by atoms with Crippen molar-refractivity contribution in [2.45, 2.75) is 95.2 Å². The monoisotopic (exact) mass is 789 g/mol. The SMILES string of the molecule is CC(C)Oc1ccccc1[CH]=[Ru]=[C]1N(C23CC4CC(CC(C4)C2)C3)C(C)(C)C2=CCc3ccccc3[C@@]21c1ccccc1.c1cc[n-]c1.c1cc[n-]c1. The van der Waals surface area contributed by atoms with Crippen molar-refractivity contribution in [3.8, 4) is 5.75 Å². The minimum Gasteiger partial charge on any atom is -0.670 e. The van der Waals surface area contributed by atoms with Gasteiger partial charge in [-0.2, -0.15) is 24.8 Å². The van der Waals surface area contributed by atoms with E-state index in [4.69, 9.17) is 4.74 Å². The molecule has 1 aliphatic heterocycles. The first kappa shape index (κ1) is 36.1. The normalized spacial score (nSPS) is 27.5. The number of hydrogen-bond donors (Lipinski definition) is 0. The van der Waals surface area contributed by atoms with Crippen LogP contribution in [-0.4, -0.2) is 30.9 Å². The van der Waals surface area contributed by atoms with Crippen molar-refractivity contribution >= 4 is 8.84 Å². The average Bonchev–Trinajstić information content (AvgIpc) is 3.96. The third kappa shape index (κ3) is 6.74. The van der Waals surface area contributed by atoms with Crippen molar-refractivity contribution < 1.29 is 21.0 Å². The number of likely N-dealkylation sites (tertiary alicyclic amines) is 1. The second-order valence-corrected chi connectivity index (χ2v) is 18.3. The van der Waals surface area contributed by atoms with Gasteiger partial charge in [0.1, 0.15) is 0 Å². The third-order valence-electron chi connectivity index (χ3n) is 12.2. The number of aromatic nitrogens is 2. The van der Waals surface area contributed by atoms with Gasteiger partial charge in [-0.15, -0.1) is 0 Å². The second-order valence-electron chi connectivity index (χ2n) is 16.5. The molecule has 5 aliphatic carbocycles. The van der Waals surface area contributed by atoms with Gasteiger partial charge in [0.25, 0.3) is 0 Å². The van der Waals surface area contributed by atoms with Crippen LogP contribution in [0.1, 0.15) is 88.5 Å². The fourth-order valence-corrected chi connectivity index (χ4v) is 14.1. The van der Waals surface area contributed by atoms with Gasteiger partial charge in [-0.3, -0.25) is 0 Å². The smallest absolute Gasteiger partial charge is 0.0860 e. The molecular formula is C48H53N3ORu-2. The summed E-state index contributed by atoms with van der Waals surface area (Å²) in [5, 5.41) is 0. The Labute approximate surface area is 323 Å². The maximum atomic E-state index is 6.35. The fourth-order valence-electron chi connectivity index (χ4n) is 10.9. The Morgan fingerprint density at radius 2 is 1.28 bits per heavy atom. The first-order valence-corrected chi connectivity index (χ1v) is 21.4. The number of nitrogens with zero attached hydrogens (tertiary/aromatic N) is 3. The van der Waals surface area contributed by atoms with E-state index in [-0.39, 0.29) is 38.8 Å². The fraction of sp³-hybridized carbons (Fsp3) is 0.375. The molecule has 0 radical (unpaired) electrons. The van der Waals surface area contributed by atoms with E-state index in [0.717, 1.165) is 29.9 Å². The van der Waals surface area contributed by atoms with Crippen molar-refractivity contribution in [1.29, 1.82) is 0 Å². The zero-order valence-electron chi connectivity index (χ0n) is 31.6. The Morgan fingerprint density at radius 1 is 0.717 bits per heavy atom. The Kier molecular flexibility index (Phi) is 10.3. The number of rotatable bonds is 5.